The number of hydrogen-bond acceptors (Lipinski definition) is 5. The Morgan fingerprint density at radius 3 is 2.26 bits per heavy atom. The lowest BCUT2D eigenvalue weighted by molar-refractivity contribution is 0.278. The molecule has 0 saturated heterocycles. The molecule has 2 aromatic rings. The van der Waals surface area contributed by atoms with E-state index in [0.717, 1.165) is 0 Å². The summed E-state index contributed by atoms with van der Waals surface area (Å²) in [6.07, 6.45) is 0. The molecule has 2 N–H and O–H groups in total. The molecule has 0 spiro atoms. The summed E-state index contributed by atoms with van der Waals surface area (Å²) in [5, 5.41) is 18.2. The molecule has 0 aliphatic heterocycles. The van der Waals surface area contributed by atoms with Gasteiger partial charge in [0, 0.05) is 5.56 Å². The summed E-state index contributed by atoms with van der Waals surface area (Å²) in [4.78, 5) is -0.0713. The van der Waals surface area contributed by atoms with Crippen LogP contribution in [0.3, 0.4) is 0 Å². The predicted octanol–water partition coefficient (Wildman–Crippen LogP) is 1.65. The highest BCUT2D eigenvalue weighted by Gasteiger charge is 2.18. The summed E-state index contributed by atoms with van der Waals surface area (Å²) in [6, 6.07) is 11.3. The molecule has 2 rings (SSSR count). The molecule has 0 bridgehead atoms. The fourth-order valence-electron chi connectivity index (χ4n) is 1.49. The van der Waals surface area contributed by atoms with Gasteiger partial charge in [0.05, 0.1) is 6.61 Å². The molecule has 0 aliphatic rings. The Hall–Kier alpha value is -2.05. The fraction of sp³-hybridized carbons (Fsp3) is 0.0769. The highest BCUT2D eigenvalue weighted by Crippen LogP contribution is 2.23. The topological polar surface area (TPSA) is 83.8 Å². The summed E-state index contributed by atoms with van der Waals surface area (Å²) in [6.45, 7) is -0.318. The lowest BCUT2D eigenvalue weighted by atomic mass is 10.2. The zero-order valence-electron chi connectivity index (χ0n) is 9.85. The number of phenols is 1. The second-order valence-corrected chi connectivity index (χ2v) is 5.34. The third-order valence-corrected chi connectivity index (χ3v) is 3.72. The Bertz CT molecular complexity index is 662. The summed E-state index contributed by atoms with van der Waals surface area (Å²) in [7, 11) is -3.98. The van der Waals surface area contributed by atoms with Crippen LogP contribution in [0.4, 0.5) is 0 Å². The van der Waals surface area contributed by atoms with Crippen molar-refractivity contribution in [2.75, 3.05) is 0 Å². The van der Waals surface area contributed by atoms with E-state index in [2.05, 4.69) is 0 Å². The van der Waals surface area contributed by atoms with E-state index in [1.165, 1.54) is 30.3 Å². The molecule has 0 radical (unpaired) electrons. The van der Waals surface area contributed by atoms with Gasteiger partial charge in [0.1, 0.15) is 16.4 Å². The molecule has 0 fully saturated rings. The number of para-hydroxylation sites is 1. The van der Waals surface area contributed by atoms with E-state index < -0.39 is 10.1 Å². The molecule has 0 aromatic heterocycles. The van der Waals surface area contributed by atoms with Gasteiger partial charge in [-0.25, -0.2) is 0 Å². The normalized spacial score (nSPS) is 11.2. The van der Waals surface area contributed by atoms with Crippen molar-refractivity contribution in [1.29, 1.82) is 0 Å². The predicted molar refractivity (Wildman–Crippen MR) is 68.3 cm³/mol. The smallest absolute Gasteiger partial charge is 0.339 e. The van der Waals surface area contributed by atoms with Crippen molar-refractivity contribution >= 4 is 10.1 Å². The van der Waals surface area contributed by atoms with Gasteiger partial charge in [-0.15, -0.1) is 0 Å². The van der Waals surface area contributed by atoms with Crippen LogP contribution in [0.25, 0.3) is 0 Å². The number of phenolic OH excluding ortho intramolecular Hbond substituents is 1. The standard InChI is InChI=1S/C13H12O5S/c14-9-10-3-1-2-4-13(10)18-19(16,17)12-7-5-11(15)6-8-12/h1-8,14-15H,9H2. The maximum Gasteiger partial charge on any atom is 0.339 e. The Balaban J connectivity index is 2.34. The average Bonchev–Trinajstić information content (AvgIpc) is 2.39. The zero-order chi connectivity index (χ0) is 13.9. The molecule has 0 atom stereocenters. The van der Waals surface area contributed by atoms with Gasteiger partial charge in [-0.1, -0.05) is 18.2 Å². The number of aliphatic hydroxyl groups excluding tert-OH is 1. The molecule has 0 heterocycles. The van der Waals surface area contributed by atoms with Crippen LogP contribution in [0.5, 0.6) is 11.5 Å². The first kappa shape index (κ1) is 13.4. The maximum absolute atomic E-state index is 12.0. The summed E-state index contributed by atoms with van der Waals surface area (Å²) in [5.41, 5.74) is 0.379. The van der Waals surface area contributed by atoms with Gasteiger partial charge < -0.3 is 14.4 Å². The number of aromatic hydroxyl groups is 1. The van der Waals surface area contributed by atoms with E-state index in [4.69, 9.17) is 14.4 Å². The number of aliphatic hydroxyl groups is 1. The Labute approximate surface area is 110 Å². The highest BCUT2D eigenvalue weighted by atomic mass is 32.2. The Morgan fingerprint density at radius 1 is 1.00 bits per heavy atom. The van der Waals surface area contributed by atoms with Crippen LogP contribution in [0.2, 0.25) is 0 Å². The van der Waals surface area contributed by atoms with Crippen LogP contribution in [0.1, 0.15) is 5.56 Å². The van der Waals surface area contributed by atoms with Gasteiger partial charge in [0.15, 0.2) is 0 Å². The average molecular weight is 280 g/mol. The molecule has 0 aliphatic carbocycles. The van der Waals surface area contributed by atoms with Gasteiger partial charge in [-0.2, -0.15) is 8.42 Å². The maximum atomic E-state index is 12.0. The SMILES string of the molecule is O=S(=O)(Oc1ccccc1CO)c1ccc(O)cc1. The first-order valence-corrected chi connectivity index (χ1v) is 6.86. The molecular weight excluding hydrogens is 268 g/mol. The first-order chi connectivity index (χ1) is 9.03. The monoisotopic (exact) mass is 280 g/mol. The Morgan fingerprint density at radius 2 is 1.63 bits per heavy atom. The highest BCUT2D eigenvalue weighted by molar-refractivity contribution is 7.87. The fourth-order valence-corrected chi connectivity index (χ4v) is 2.46. The van der Waals surface area contributed by atoms with Crippen molar-refractivity contribution in [2.24, 2.45) is 0 Å². The van der Waals surface area contributed by atoms with Gasteiger partial charge in [-0.3, -0.25) is 0 Å². The zero-order valence-corrected chi connectivity index (χ0v) is 10.7. The van der Waals surface area contributed by atoms with Crippen LogP contribution < -0.4 is 4.18 Å². The molecule has 19 heavy (non-hydrogen) atoms. The summed E-state index contributed by atoms with van der Waals surface area (Å²) >= 11 is 0. The largest absolute Gasteiger partial charge is 0.508 e. The quantitative estimate of drug-likeness (QED) is 0.832. The van der Waals surface area contributed by atoms with E-state index in [-0.39, 0.29) is 23.0 Å². The summed E-state index contributed by atoms with van der Waals surface area (Å²) < 4.78 is 29.0. The van der Waals surface area contributed by atoms with E-state index in [1.54, 1.807) is 18.2 Å². The minimum Gasteiger partial charge on any atom is -0.508 e. The van der Waals surface area contributed by atoms with E-state index in [9.17, 15) is 8.42 Å². The molecule has 0 unspecified atom stereocenters. The van der Waals surface area contributed by atoms with Crippen molar-refractivity contribution in [1.82, 2.24) is 0 Å². The van der Waals surface area contributed by atoms with E-state index >= 15 is 0 Å². The van der Waals surface area contributed by atoms with Crippen molar-refractivity contribution in [3.63, 3.8) is 0 Å². The third kappa shape index (κ3) is 3.04. The van der Waals surface area contributed by atoms with Crippen LogP contribution in [-0.2, 0) is 16.7 Å². The van der Waals surface area contributed by atoms with Crippen molar-refractivity contribution in [2.45, 2.75) is 11.5 Å². The second kappa shape index (κ2) is 5.29. The molecule has 2 aromatic carbocycles. The molecule has 0 saturated carbocycles. The van der Waals surface area contributed by atoms with Crippen LogP contribution in [0, 0.1) is 0 Å². The van der Waals surface area contributed by atoms with Crippen molar-refractivity contribution < 1.29 is 22.8 Å². The van der Waals surface area contributed by atoms with Crippen molar-refractivity contribution in [3.05, 3.63) is 54.1 Å². The second-order valence-electron chi connectivity index (χ2n) is 3.80. The van der Waals surface area contributed by atoms with Gasteiger partial charge >= 0.3 is 10.1 Å². The summed E-state index contributed by atoms with van der Waals surface area (Å²) in [5.74, 6) is 0.0489. The minimum atomic E-state index is -3.98. The molecule has 5 nitrogen and oxygen atoms in total. The van der Waals surface area contributed by atoms with Crippen LogP contribution >= 0.6 is 0 Å². The van der Waals surface area contributed by atoms with Crippen molar-refractivity contribution in [3.8, 4) is 11.5 Å². The number of benzene rings is 2. The van der Waals surface area contributed by atoms with Crippen LogP contribution in [0.15, 0.2) is 53.4 Å². The van der Waals surface area contributed by atoms with Gasteiger partial charge in [0.25, 0.3) is 0 Å². The first-order valence-electron chi connectivity index (χ1n) is 5.45. The number of hydrogen-bond donors (Lipinski definition) is 2. The van der Waals surface area contributed by atoms with E-state index in [1.807, 2.05) is 0 Å². The minimum absolute atomic E-state index is 0.0327. The molecule has 100 valence electrons. The van der Waals surface area contributed by atoms with E-state index in [0.29, 0.717) is 5.56 Å². The lowest BCUT2D eigenvalue weighted by Gasteiger charge is -2.10. The third-order valence-electron chi connectivity index (χ3n) is 2.47. The van der Waals surface area contributed by atoms with Crippen LogP contribution in [-0.4, -0.2) is 18.6 Å². The molecule has 6 heteroatoms. The lowest BCUT2D eigenvalue weighted by Crippen LogP contribution is -2.10. The van der Waals surface area contributed by atoms with Gasteiger partial charge in [-0.05, 0) is 30.3 Å². The molecule has 0 amide bonds. The number of rotatable bonds is 4. The Kier molecular flexibility index (Phi) is 3.73. The molecular formula is C13H12O5S. The van der Waals surface area contributed by atoms with Gasteiger partial charge in [0.2, 0.25) is 0 Å².